The van der Waals surface area contributed by atoms with Crippen LogP contribution >= 0.6 is 0 Å². The Kier molecular flexibility index (Phi) is 7.34. The van der Waals surface area contributed by atoms with E-state index >= 15 is 0 Å². The second kappa shape index (κ2) is 9.83. The van der Waals surface area contributed by atoms with E-state index in [0.717, 1.165) is 26.0 Å². The Balaban J connectivity index is 1.87. The molecule has 0 aromatic heterocycles. The van der Waals surface area contributed by atoms with Crippen LogP contribution in [-0.2, 0) is 5.67 Å². The first-order valence-corrected chi connectivity index (χ1v) is 10.4. The van der Waals surface area contributed by atoms with E-state index < -0.39 is 41.3 Å². The number of hydrogen-bond acceptors (Lipinski definition) is 3. The molecule has 3 aromatic carbocycles. The highest BCUT2D eigenvalue weighted by Gasteiger charge is 2.73. The van der Waals surface area contributed by atoms with E-state index in [1.165, 1.54) is 36.4 Å². The van der Waals surface area contributed by atoms with Crippen molar-refractivity contribution in [3.63, 3.8) is 0 Å². The van der Waals surface area contributed by atoms with Gasteiger partial charge in [-0.25, -0.2) is 13.6 Å². The van der Waals surface area contributed by atoms with E-state index in [1.54, 1.807) is 0 Å². The fourth-order valence-electron chi connectivity index (χ4n) is 3.52. The van der Waals surface area contributed by atoms with Crippen LogP contribution < -0.4 is 10.1 Å². The summed E-state index contributed by atoms with van der Waals surface area (Å²) in [4.78, 5) is 24.9. The Labute approximate surface area is 204 Å². The molecule has 0 aliphatic heterocycles. The summed E-state index contributed by atoms with van der Waals surface area (Å²) in [5, 5.41) is 2.35. The van der Waals surface area contributed by atoms with Crippen molar-refractivity contribution >= 4 is 17.6 Å². The highest BCUT2D eigenvalue weighted by molar-refractivity contribution is 6.05. The highest BCUT2D eigenvalue weighted by atomic mass is 19.4. The van der Waals surface area contributed by atoms with Gasteiger partial charge in [0.15, 0.2) is 0 Å². The Hall–Kier alpha value is -3.96. The minimum Gasteiger partial charge on any atom is -0.423 e. The third-order valence-electron chi connectivity index (χ3n) is 5.35. The minimum absolute atomic E-state index is 0.105. The van der Waals surface area contributed by atoms with E-state index in [1.807, 2.05) is 0 Å². The molecule has 0 bridgehead atoms. The van der Waals surface area contributed by atoms with E-state index in [2.05, 4.69) is 5.32 Å². The highest BCUT2D eigenvalue weighted by Crippen LogP contribution is 2.53. The molecule has 0 fully saturated rings. The van der Waals surface area contributed by atoms with E-state index in [4.69, 9.17) is 4.74 Å². The van der Waals surface area contributed by atoms with Crippen molar-refractivity contribution in [1.29, 1.82) is 0 Å². The number of nitrogens with one attached hydrogen (secondary N) is 1. The molecule has 37 heavy (non-hydrogen) atoms. The number of halogens is 8. The number of hydrogen-bond donors (Lipinski definition) is 1. The van der Waals surface area contributed by atoms with Gasteiger partial charge in [-0.1, -0.05) is 30.3 Å². The van der Waals surface area contributed by atoms with Gasteiger partial charge in [0.25, 0.3) is 5.91 Å². The zero-order valence-electron chi connectivity index (χ0n) is 19.0. The van der Waals surface area contributed by atoms with Crippen LogP contribution in [0.15, 0.2) is 60.7 Å². The lowest BCUT2D eigenvalue weighted by atomic mass is 9.90. The van der Waals surface area contributed by atoms with Crippen LogP contribution in [0.5, 0.6) is 5.75 Å². The van der Waals surface area contributed by atoms with Gasteiger partial charge in [-0.05, 0) is 55.3 Å². The van der Waals surface area contributed by atoms with Crippen molar-refractivity contribution in [2.75, 3.05) is 5.32 Å². The van der Waals surface area contributed by atoms with E-state index in [9.17, 15) is 44.7 Å². The molecular formula is C25H17F8NO3. The van der Waals surface area contributed by atoms with E-state index in [-0.39, 0.29) is 33.7 Å². The first-order chi connectivity index (χ1) is 17.1. The average molecular weight is 531 g/mol. The maximum Gasteiger partial charge on any atom is 0.435 e. The summed E-state index contributed by atoms with van der Waals surface area (Å²) >= 11 is 0. The Morgan fingerprint density at radius 2 is 1.35 bits per heavy atom. The fraction of sp³-hybridized carbons (Fsp3) is 0.200. The maximum atomic E-state index is 14.5. The SMILES string of the molecule is Cc1cc(C(F)(C(F)(F)F)C(F)(F)F)cc(C)c1NC(=O)c1cccc(OC(=O)c2ccccc2F)c1. The quantitative estimate of drug-likeness (QED) is 0.215. The Morgan fingerprint density at radius 3 is 1.89 bits per heavy atom. The van der Waals surface area contributed by atoms with E-state index in [0.29, 0.717) is 12.1 Å². The molecule has 196 valence electrons. The lowest BCUT2D eigenvalue weighted by Gasteiger charge is -2.31. The maximum absolute atomic E-state index is 14.5. The van der Waals surface area contributed by atoms with Gasteiger partial charge < -0.3 is 10.1 Å². The van der Waals surface area contributed by atoms with Crippen LogP contribution in [-0.4, -0.2) is 24.2 Å². The van der Waals surface area contributed by atoms with Crippen molar-refractivity contribution in [1.82, 2.24) is 0 Å². The number of amides is 1. The molecule has 0 saturated carbocycles. The molecule has 0 unspecified atom stereocenters. The summed E-state index contributed by atoms with van der Waals surface area (Å²) < 4.78 is 112. The molecule has 12 heteroatoms. The zero-order valence-corrected chi connectivity index (χ0v) is 19.0. The molecule has 0 aliphatic rings. The number of ether oxygens (including phenoxy) is 1. The first-order valence-electron chi connectivity index (χ1n) is 10.4. The van der Waals surface area contributed by atoms with Gasteiger partial charge >= 0.3 is 24.0 Å². The van der Waals surface area contributed by atoms with Crippen molar-refractivity contribution in [3.8, 4) is 5.75 Å². The lowest BCUT2D eigenvalue weighted by molar-refractivity contribution is -0.348. The number of esters is 1. The van der Waals surface area contributed by atoms with Crippen LogP contribution in [0.3, 0.4) is 0 Å². The summed E-state index contributed by atoms with van der Waals surface area (Å²) in [7, 11) is 0. The van der Waals surface area contributed by atoms with Gasteiger partial charge in [-0.2, -0.15) is 26.3 Å². The molecule has 3 rings (SSSR count). The van der Waals surface area contributed by atoms with Crippen molar-refractivity contribution in [2.24, 2.45) is 0 Å². The van der Waals surface area contributed by atoms with Crippen LogP contribution in [0, 0.1) is 19.7 Å². The van der Waals surface area contributed by atoms with Crippen LogP contribution in [0.2, 0.25) is 0 Å². The van der Waals surface area contributed by atoms with Crippen molar-refractivity contribution in [2.45, 2.75) is 31.9 Å². The summed E-state index contributed by atoms with van der Waals surface area (Å²) in [6.45, 7) is 2.21. The smallest absolute Gasteiger partial charge is 0.423 e. The number of anilines is 1. The molecular weight excluding hydrogens is 514 g/mol. The molecule has 0 aliphatic carbocycles. The molecule has 4 nitrogen and oxygen atoms in total. The first kappa shape index (κ1) is 27.6. The van der Waals surface area contributed by atoms with Crippen LogP contribution in [0.1, 0.15) is 37.4 Å². The summed E-state index contributed by atoms with van der Waals surface area (Å²) in [5.74, 6) is -2.87. The van der Waals surface area contributed by atoms with Crippen LogP contribution in [0.25, 0.3) is 0 Å². The number of alkyl halides is 7. The Morgan fingerprint density at radius 1 is 0.784 bits per heavy atom. The predicted molar refractivity (Wildman–Crippen MR) is 117 cm³/mol. The molecule has 0 atom stereocenters. The van der Waals surface area contributed by atoms with Crippen molar-refractivity contribution < 1.29 is 49.4 Å². The molecule has 0 saturated heterocycles. The molecule has 0 spiro atoms. The van der Waals surface area contributed by atoms with Crippen LogP contribution in [0.4, 0.5) is 40.8 Å². The zero-order chi connectivity index (χ0) is 27.8. The number of rotatable bonds is 5. The number of benzene rings is 3. The lowest BCUT2D eigenvalue weighted by Crippen LogP contribution is -2.50. The second-order valence-corrected chi connectivity index (χ2v) is 7.99. The van der Waals surface area contributed by atoms with Crippen molar-refractivity contribution in [3.05, 3.63) is 94.3 Å². The monoisotopic (exact) mass is 531 g/mol. The van der Waals surface area contributed by atoms with Gasteiger partial charge in [-0.15, -0.1) is 0 Å². The average Bonchev–Trinajstić information content (AvgIpc) is 2.79. The molecule has 1 N–H and O–H groups in total. The fourth-order valence-corrected chi connectivity index (χ4v) is 3.52. The minimum atomic E-state index is -6.28. The third-order valence-corrected chi connectivity index (χ3v) is 5.35. The summed E-state index contributed by atoms with van der Waals surface area (Å²) in [6.07, 6.45) is -12.6. The third kappa shape index (κ3) is 5.42. The Bertz CT molecular complexity index is 1310. The standard InChI is InChI=1S/C25H17F8NO3/c1-13-10-16(23(27,24(28,29)30)25(31,32)33)11-14(2)20(13)34-21(35)15-6-5-7-17(12-15)37-22(36)18-8-3-4-9-19(18)26/h3-12H,1-2H3,(H,34,35). The van der Waals surface area contributed by atoms with Gasteiger partial charge in [0.05, 0.1) is 5.56 Å². The second-order valence-electron chi connectivity index (χ2n) is 7.99. The summed E-state index contributed by atoms with van der Waals surface area (Å²) in [6, 6.07) is 10.8. The van der Waals surface area contributed by atoms with Gasteiger partial charge in [0.1, 0.15) is 11.6 Å². The number of aryl methyl sites for hydroxylation is 2. The van der Waals surface area contributed by atoms with Gasteiger partial charge in [0, 0.05) is 16.8 Å². The summed E-state index contributed by atoms with van der Waals surface area (Å²) in [5.41, 5.74) is -8.43. The number of carbonyl (C=O) groups excluding carboxylic acids is 2. The largest absolute Gasteiger partial charge is 0.435 e. The normalized spacial score (nSPS) is 12.3. The number of carbonyl (C=O) groups is 2. The molecule has 0 radical (unpaired) electrons. The molecule has 3 aromatic rings. The predicted octanol–water partition coefficient (Wildman–Crippen LogP) is 7.20. The molecule has 1 amide bonds. The molecule has 0 heterocycles. The topological polar surface area (TPSA) is 55.4 Å². The van der Waals surface area contributed by atoms with Gasteiger partial charge in [-0.3, -0.25) is 4.79 Å². The van der Waals surface area contributed by atoms with Gasteiger partial charge in [0.2, 0.25) is 0 Å².